The third-order valence-corrected chi connectivity index (χ3v) is 8.94. The van der Waals surface area contributed by atoms with E-state index in [2.05, 4.69) is 32.8 Å². The molecule has 0 amide bonds. The molecule has 0 bridgehead atoms. The van der Waals surface area contributed by atoms with Crippen LogP contribution in [0.25, 0.3) is 0 Å². The number of aliphatic hydroxyl groups is 1. The fourth-order valence-electron chi connectivity index (χ4n) is 7.64. The fraction of sp³-hybridized carbons (Fsp3) is 0.952. The number of aliphatic hydroxyl groups excluding tert-OH is 1. The third kappa shape index (κ3) is 2.19. The summed E-state index contributed by atoms with van der Waals surface area (Å²) in [5.74, 6) is 3.22. The Morgan fingerprint density at radius 1 is 1.12 bits per heavy atom. The van der Waals surface area contributed by atoms with Gasteiger partial charge in [0.15, 0.2) is 0 Å². The average Bonchev–Trinajstić information content (AvgIpc) is 2.82. The molecule has 0 aromatic heterocycles. The molecule has 0 heterocycles. The van der Waals surface area contributed by atoms with Gasteiger partial charge in [-0.15, -0.1) is 0 Å². The van der Waals surface area contributed by atoms with Crippen LogP contribution >= 0.6 is 0 Å². The van der Waals surface area contributed by atoms with Gasteiger partial charge >= 0.3 is 0 Å². The highest BCUT2D eigenvalue weighted by molar-refractivity contribution is 5.87. The summed E-state index contributed by atoms with van der Waals surface area (Å²) in [4.78, 5) is 15.1. The minimum Gasteiger partial charge on any atom is -0.393 e. The van der Waals surface area contributed by atoms with Crippen molar-refractivity contribution in [3.8, 4) is 0 Å². The molecule has 4 aliphatic carbocycles. The molecule has 1 N–H and O–H groups in total. The van der Waals surface area contributed by atoms with Crippen LogP contribution in [0.2, 0.25) is 0 Å². The van der Waals surface area contributed by atoms with E-state index >= 15 is 0 Å². The van der Waals surface area contributed by atoms with E-state index in [1.54, 1.807) is 0 Å². The first-order chi connectivity index (χ1) is 11.3. The SMILES string of the molecule is CN(C)[C@@H]1C[C@]2(C)C(=O)CC[C@H]2[C@@H]2CC[C@H]3C[C@H](O)CC[C@]3(C)[C@H]21. The van der Waals surface area contributed by atoms with Crippen LogP contribution in [0.4, 0.5) is 0 Å². The van der Waals surface area contributed by atoms with Crippen molar-refractivity contribution in [2.24, 2.45) is 34.5 Å². The topological polar surface area (TPSA) is 40.5 Å². The second-order valence-corrected chi connectivity index (χ2v) is 10.1. The lowest BCUT2D eigenvalue weighted by Gasteiger charge is -2.63. The highest BCUT2D eigenvalue weighted by atomic mass is 16.3. The maximum absolute atomic E-state index is 12.7. The molecule has 24 heavy (non-hydrogen) atoms. The number of Topliss-reactive ketones (excluding diaryl/α,β-unsaturated/α-hetero) is 1. The van der Waals surface area contributed by atoms with Gasteiger partial charge in [-0.1, -0.05) is 13.8 Å². The molecular formula is C21H35NO2. The van der Waals surface area contributed by atoms with Gasteiger partial charge in [-0.2, -0.15) is 0 Å². The lowest BCUT2D eigenvalue weighted by atomic mass is 9.43. The van der Waals surface area contributed by atoms with Crippen LogP contribution in [0.3, 0.4) is 0 Å². The summed E-state index contributed by atoms with van der Waals surface area (Å²) >= 11 is 0. The molecule has 3 heteroatoms. The number of nitrogens with zero attached hydrogens (tertiary/aromatic N) is 1. The van der Waals surface area contributed by atoms with E-state index in [1.165, 1.54) is 19.3 Å². The van der Waals surface area contributed by atoms with Crippen molar-refractivity contribution in [2.45, 2.75) is 77.4 Å². The number of fused-ring (bicyclic) bond motifs is 5. The lowest BCUT2D eigenvalue weighted by molar-refractivity contribution is -0.159. The predicted octanol–water partition coefficient (Wildman–Crippen LogP) is 3.50. The first-order valence-corrected chi connectivity index (χ1v) is 10.1. The van der Waals surface area contributed by atoms with E-state index in [-0.39, 0.29) is 11.5 Å². The van der Waals surface area contributed by atoms with Crippen LogP contribution in [-0.4, -0.2) is 42.0 Å². The zero-order valence-electron chi connectivity index (χ0n) is 15.9. The summed E-state index contributed by atoms with van der Waals surface area (Å²) < 4.78 is 0. The summed E-state index contributed by atoms with van der Waals surface area (Å²) in [5, 5.41) is 10.2. The molecule has 0 unspecified atom stereocenters. The van der Waals surface area contributed by atoms with Crippen LogP contribution in [0.15, 0.2) is 0 Å². The molecule has 4 aliphatic rings. The van der Waals surface area contributed by atoms with Crippen LogP contribution in [0, 0.1) is 34.5 Å². The lowest BCUT2D eigenvalue weighted by Crippen LogP contribution is -2.62. The maximum atomic E-state index is 12.7. The van der Waals surface area contributed by atoms with Gasteiger partial charge in [0.25, 0.3) is 0 Å². The van der Waals surface area contributed by atoms with Gasteiger partial charge in [-0.3, -0.25) is 4.79 Å². The van der Waals surface area contributed by atoms with E-state index < -0.39 is 0 Å². The Morgan fingerprint density at radius 3 is 2.58 bits per heavy atom. The second-order valence-electron chi connectivity index (χ2n) is 10.1. The molecular weight excluding hydrogens is 298 g/mol. The van der Waals surface area contributed by atoms with Crippen LogP contribution in [0.1, 0.15) is 65.2 Å². The van der Waals surface area contributed by atoms with Crippen LogP contribution in [-0.2, 0) is 4.79 Å². The molecule has 8 atom stereocenters. The van der Waals surface area contributed by atoms with E-state index in [9.17, 15) is 9.90 Å². The third-order valence-electron chi connectivity index (χ3n) is 8.94. The summed E-state index contributed by atoms with van der Waals surface area (Å²) in [6.07, 6.45) is 8.57. The van der Waals surface area contributed by atoms with Crippen LogP contribution < -0.4 is 0 Å². The normalized spacial score (nSPS) is 54.3. The second kappa shape index (κ2) is 5.54. The summed E-state index contributed by atoms with van der Waals surface area (Å²) in [5.41, 5.74) is 0.275. The summed E-state index contributed by atoms with van der Waals surface area (Å²) in [6.45, 7) is 4.80. The largest absolute Gasteiger partial charge is 0.393 e. The first-order valence-electron chi connectivity index (χ1n) is 10.1. The smallest absolute Gasteiger partial charge is 0.139 e. The Bertz CT molecular complexity index is 532. The average molecular weight is 334 g/mol. The fourth-order valence-corrected chi connectivity index (χ4v) is 7.64. The van der Waals surface area contributed by atoms with Gasteiger partial charge in [-0.05, 0) is 88.1 Å². The Hall–Kier alpha value is -0.410. The molecule has 0 saturated heterocycles. The standard InChI is InChI=1S/C21H35NO2/c1-20-10-9-14(23)11-13(20)5-6-15-16-7-8-18(24)21(16,2)12-17(19(15)20)22(3)4/h13-17,19,23H,5-12H2,1-4H3/t13-,14+,15-,16-,17+,19+,20-,21-/m0/s1. The van der Waals surface area contributed by atoms with Crippen molar-refractivity contribution in [1.82, 2.24) is 4.90 Å². The zero-order chi connectivity index (χ0) is 17.3. The highest BCUT2D eigenvalue weighted by Gasteiger charge is 2.63. The minimum absolute atomic E-state index is 0.0759. The van der Waals surface area contributed by atoms with Crippen molar-refractivity contribution in [3.63, 3.8) is 0 Å². The number of carbonyl (C=O) groups excluding carboxylic acids is 1. The number of hydrogen-bond donors (Lipinski definition) is 1. The van der Waals surface area contributed by atoms with Gasteiger partial charge in [0.05, 0.1) is 6.10 Å². The van der Waals surface area contributed by atoms with Gasteiger partial charge < -0.3 is 10.0 Å². The Labute approximate surface area is 147 Å². The molecule has 136 valence electrons. The quantitative estimate of drug-likeness (QED) is 0.798. The molecule has 4 fully saturated rings. The molecule has 0 aromatic carbocycles. The zero-order valence-corrected chi connectivity index (χ0v) is 15.9. The van der Waals surface area contributed by atoms with Gasteiger partial charge in [-0.25, -0.2) is 0 Å². The Morgan fingerprint density at radius 2 is 1.88 bits per heavy atom. The van der Waals surface area contributed by atoms with Crippen molar-refractivity contribution >= 4 is 5.78 Å². The van der Waals surface area contributed by atoms with E-state index in [0.717, 1.165) is 32.1 Å². The molecule has 0 aromatic rings. The van der Waals surface area contributed by atoms with Crippen molar-refractivity contribution in [3.05, 3.63) is 0 Å². The summed E-state index contributed by atoms with van der Waals surface area (Å²) in [7, 11) is 4.44. The number of rotatable bonds is 1. The van der Waals surface area contributed by atoms with Crippen LogP contribution in [0.5, 0.6) is 0 Å². The van der Waals surface area contributed by atoms with Gasteiger partial charge in [0, 0.05) is 17.9 Å². The van der Waals surface area contributed by atoms with Gasteiger partial charge in [0.1, 0.15) is 5.78 Å². The number of carbonyl (C=O) groups is 1. The minimum atomic E-state index is -0.0839. The summed E-state index contributed by atoms with van der Waals surface area (Å²) in [6, 6.07) is 0.515. The Kier molecular flexibility index (Phi) is 3.93. The molecule has 0 spiro atoms. The predicted molar refractivity (Wildman–Crippen MR) is 95.6 cm³/mol. The number of hydrogen-bond acceptors (Lipinski definition) is 3. The van der Waals surface area contributed by atoms with E-state index in [4.69, 9.17) is 0 Å². The molecule has 0 aliphatic heterocycles. The van der Waals surface area contributed by atoms with E-state index in [0.29, 0.717) is 40.9 Å². The Balaban J connectivity index is 1.74. The molecule has 4 saturated carbocycles. The molecule has 4 rings (SSSR count). The highest BCUT2D eigenvalue weighted by Crippen LogP contribution is 2.65. The maximum Gasteiger partial charge on any atom is 0.139 e. The number of ketones is 1. The van der Waals surface area contributed by atoms with E-state index in [1.807, 2.05) is 0 Å². The first kappa shape index (κ1) is 17.0. The molecule has 0 radical (unpaired) electrons. The van der Waals surface area contributed by atoms with Crippen molar-refractivity contribution < 1.29 is 9.90 Å². The molecule has 3 nitrogen and oxygen atoms in total. The van der Waals surface area contributed by atoms with Gasteiger partial charge in [0.2, 0.25) is 0 Å². The van der Waals surface area contributed by atoms with Crippen molar-refractivity contribution in [1.29, 1.82) is 0 Å². The monoisotopic (exact) mass is 333 g/mol. The van der Waals surface area contributed by atoms with Crippen molar-refractivity contribution in [2.75, 3.05) is 14.1 Å².